The van der Waals surface area contributed by atoms with Crippen molar-refractivity contribution in [2.45, 2.75) is 17.8 Å². The Bertz CT molecular complexity index is 991. The molecule has 0 atom stereocenters. The van der Waals surface area contributed by atoms with Crippen LogP contribution in [-0.2, 0) is 5.75 Å². The first kappa shape index (κ1) is 15.2. The highest BCUT2D eigenvalue weighted by molar-refractivity contribution is 7.98. The Morgan fingerprint density at radius 2 is 1.92 bits per heavy atom. The number of pyridine rings is 1. The van der Waals surface area contributed by atoms with E-state index < -0.39 is 0 Å². The molecule has 8 heteroatoms. The van der Waals surface area contributed by atoms with Crippen LogP contribution in [0.25, 0.3) is 11.3 Å². The molecule has 24 heavy (non-hydrogen) atoms. The quantitative estimate of drug-likeness (QED) is 0.523. The Kier molecular flexibility index (Phi) is 3.95. The van der Waals surface area contributed by atoms with Gasteiger partial charge in [0, 0.05) is 18.1 Å². The maximum Gasteiger partial charge on any atom is 0.214 e. The van der Waals surface area contributed by atoms with Crippen molar-refractivity contribution in [1.82, 2.24) is 29.6 Å². The number of hydrogen-bond acceptors (Lipinski definition) is 5. The summed E-state index contributed by atoms with van der Waals surface area (Å²) in [7, 11) is 0. The third kappa shape index (κ3) is 3.00. The molecule has 0 spiro atoms. The summed E-state index contributed by atoms with van der Waals surface area (Å²) in [4.78, 5) is 4.57. The Morgan fingerprint density at radius 1 is 1.08 bits per heavy atom. The van der Waals surface area contributed by atoms with Crippen LogP contribution in [0.2, 0.25) is 5.02 Å². The molecule has 3 aromatic heterocycles. The third-order valence-corrected chi connectivity index (χ3v) is 4.71. The van der Waals surface area contributed by atoms with E-state index >= 15 is 0 Å². The van der Waals surface area contributed by atoms with Crippen LogP contribution in [0.5, 0.6) is 0 Å². The second-order valence-corrected chi connectivity index (χ2v) is 6.72. The number of nitrogens with zero attached hydrogens (tertiary/aromatic N) is 6. The van der Waals surface area contributed by atoms with Gasteiger partial charge in [0.25, 0.3) is 0 Å². The van der Waals surface area contributed by atoms with Crippen LogP contribution in [0.1, 0.15) is 11.3 Å². The number of hydrogen-bond donors (Lipinski definition) is 0. The van der Waals surface area contributed by atoms with Crippen molar-refractivity contribution in [2.24, 2.45) is 0 Å². The molecule has 0 amide bonds. The number of halogens is 1. The summed E-state index contributed by atoms with van der Waals surface area (Å²) in [5.74, 6) is 0.672. The van der Waals surface area contributed by atoms with Crippen LogP contribution in [-0.4, -0.2) is 29.6 Å². The van der Waals surface area contributed by atoms with Crippen molar-refractivity contribution in [3.8, 4) is 5.69 Å². The fourth-order valence-corrected chi connectivity index (χ4v) is 3.28. The molecule has 1 aromatic carbocycles. The van der Waals surface area contributed by atoms with Crippen molar-refractivity contribution >= 4 is 29.0 Å². The zero-order valence-corrected chi connectivity index (χ0v) is 14.4. The van der Waals surface area contributed by atoms with Crippen LogP contribution in [0.4, 0.5) is 0 Å². The summed E-state index contributed by atoms with van der Waals surface area (Å²) in [6.07, 6.45) is 3.81. The van der Waals surface area contributed by atoms with Crippen LogP contribution in [0, 0.1) is 6.92 Å². The van der Waals surface area contributed by atoms with E-state index in [-0.39, 0.29) is 0 Å². The fraction of sp³-hybridized carbons (Fsp3) is 0.125. The molecule has 4 aromatic rings. The van der Waals surface area contributed by atoms with Crippen LogP contribution in [0.3, 0.4) is 0 Å². The normalized spacial score (nSPS) is 11.2. The zero-order chi connectivity index (χ0) is 16.5. The van der Waals surface area contributed by atoms with E-state index in [2.05, 4.69) is 27.4 Å². The first-order valence-corrected chi connectivity index (χ1v) is 8.67. The minimum absolute atomic E-state index is 0.672. The van der Waals surface area contributed by atoms with Crippen molar-refractivity contribution in [3.63, 3.8) is 0 Å². The number of aromatic nitrogens is 6. The van der Waals surface area contributed by atoms with E-state index in [1.165, 1.54) is 5.56 Å². The lowest BCUT2D eigenvalue weighted by Gasteiger charge is -2.03. The molecule has 0 aliphatic heterocycles. The van der Waals surface area contributed by atoms with Gasteiger partial charge in [-0.05, 0) is 41.6 Å². The third-order valence-electron chi connectivity index (χ3n) is 3.53. The first-order valence-electron chi connectivity index (χ1n) is 7.30. The van der Waals surface area contributed by atoms with Gasteiger partial charge in [-0.3, -0.25) is 0 Å². The van der Waals surface area contributed by atoms with E-state index in [0.717, 1.165) is 22.2 Å². The number of imidazole rings is 1. The van der Waals surface area contributed by atoms with Gasteiger partial charge >= 0.3 is 0 Å². The fourth-order valence-electron chi connectivity index (χ4n) is 2.34. The lowest BCUT2D eigenvalue weighted by Crippen LogP contribution is -1.99. The molecular formula is C16H13ClN6S. The number of benzene rings is 1. The molecular weight excluding hydrogens is 344 g/mol. The van der Waals surface area contributed by atoms with Gasteiger partial charge in [-0.2, -0.15) is 4.68 Å². The molecule has 0 saturated heterocycles. The summed E-state index contributed by atoms with van der Waals surface area (Å²) in [5.41, 5.74) is 3.95. The second-order valence-electron chi connectivity index (χ2n) is 5.34. The topological polar surface area (TPSA) is 60.9 Å². The monoisotopic (exact) mass is 356 g/mol. The van der Waals surface area contributed by atoms with E-state index in [0.29, 0.717) is 10.8 Å². The van der Waals surface area contributed by atoms with Gasteiger partial charge in [-0.1, -0.05) is 41.1 Å². The van der Waals surface area contributed by atoms with Gasteiger partial charge in [0.05, 0.1) is 16.4 Å². The molecule has 0 radical (unpaired) electrons. The molecule has 3 heterocycles. The number of thioether (sulfide) groups is 1. The average molecular weight is 357 g/mol. The summed E-state index contributed by atoms with van der Waals surface area (Å²) in [5, 5.41) is 13.4. The minimum Gasteiger partial charge on any atom is -0.305 e. The maximum atomic E-state index is 6.00. The molecule has 0 unspecified atom stereocenters. The molecule has 0 aliphatic carbocycles. The highest BCUT2D eigenvalue weighted by atomic mass is 35.5. The Morgan fingerprint density at radius 3 is 2.75 bits per heavy atom. The molecule has 4 rings (SSSR count). The predicted molar refractivity (Wildman–Crippen MR) is 93.7 cm³/mol. The zero-order valence-electron chi connectivity index (χ0n) is 12.8. The molecule has 0 saturated carbocycles. The lowest BCUT2D eigenvalue weighted by molar-refractivity contribution is 0.756. The van der Waals surface area contributed by atoms with Gasteiger partial charge < -0.3 is 4.40 Å². The van der Waals surface area contributed by atoms with Gasteiger partial charge in [-0.25, -0.2) is 4.98 Å². The van der Waals surface area contributed by atoms with E-state index in [9.17, 15) is 0 Å². The van der Waals surface area contributed by atoms with Crippen molar-refractivity contribution < 1.29 is 0 Å². The van der Waals surface area contributed by atoms with Gasteiger partial charge in [0.2, 0.25) is 5.16 Å². The average Bonchev–Trinajstić information content (AvgIpc) is 3.19. The largest absolute Gasteiger partial charge is 0.305 e. The number of tetrazole rings is 1. The van der Waals surface area contributed by atoms with E-state index in [1.54, 1.807) is 16.4 Å². The number of aryl methyl sites for hydroxylation is 1. The summed E-state index contributed by atoms with van der Waals surface area (Å²) >= 11 is 7.55. The molecule has 0 aliphatic rings. The van der Waals surface area contributed by atoms with E-state index in [4.69, 9.17) is 11.6 Å². The number of rotatable bonds is 4. The van der Waals surface area contributed by atoms with Gasteiger partial charge in [-0.15, -0.1) is 5.10 Å². The minimum atomic E-state index is 0.672. The summed E-state index contributed by atoms with van der Waals surface area (Å²) < 4.78 is 3.65. The van der Waals surface area contributed by atoms with Gasteiger partial charge in [0.15, 0.2) is 0 Å². The first-order chi connectivity index (χ1) is 11.7. The molecule has 0 N–H and O–H groups in total. The highest BCUT2D eigenvalue weighted by Gasteiger charge is 2.10. The maximum absolute atomic E-state index is 6.00. The molecule has 0 fully saturated rings. The van der Waals surface area contributed by atoms with Crippen LogP contribution in [0.15, 0.2) is 53.9 Å². The second kappa shape index (κ2) is 6.26. The molecule has 120 valence electrons. The SMILES string of the molecule is Cc1ccc(-n2nnnc2SCc2cn3cc(Cl)ccc3n2)cc1. The summed E-state index contributed by atoms with van der Waals surface area (Å²) in [6, 6.07) is 11.8. The molecule has 0 bridgehead atoms. The van der Waals surface area contributed by atoms with Crippen LogP contribution >= 0.6 is 23.4 Å². The van der Waals surface area contributed by atoms with Crippen molar-refractivity contribution in [2.75, 3.05) is 0 Å². The lowest BCUT2D eigenvalue weighted by atomic mass is 10.2. The van der Waals surface area contributed by atoms with Crippen molar-refractivity contribution in [3.05, 3.63) is 65.1 Å². The Balaban J connectivity index is 1.55. The van der Waals surface area contributed by atoms with Crippen molar-refractivity contribution in [1.29, 1.82) is 0 Å². The highest BCUT2D eigenvalue weighted by Crippen LogP contribution is 2.23. The molecule has 6 nitrogen and oxygen atoms in total. The Labute approximate surface area is 147 Å². The number of fused-ring (bicyclic) bond motifs is 1. The van der Waals surface area contributed by atoms with E-state index in [1.807, 2.05) is 53.2 Å². The van der Waals surface area contributed by atoms with Crippen LogP contribution < -0.4 is 0 Å². The summed E-state index contributed by atoms with van der Waals surface area (Å²) in [6.45, 7) is 2.05. The standard InChI is InChI=1S/C16H13ClN6S/c1-11-2-5-14(6-3-11)23-16(19-20-21-23)24-10-13-9-22-8-12(17)4-7-15(22)18-13/h2-9H,10H2,1H3. The Hall–Kier alpha value is -2.38. The van der Waals surface area contributed by atoms with Gasteiger partial charge in [0.1, 0.15) is 5.65 Å². The predicted octanol–water partition coefficient (Wildman–Crippen LogP) is 3.56. The smallest absolute Gasteiger partial charge is 0.214 e.